The van der Waals surface area contributed by atoms with E-state index in [1.165, 1.54) is 11.8 Å². The summed E-state index contributed by atoms with van der Waals surface area (Å²) in [5, 5.41) is 0.640. The Balaban J connectivity index is 1.83. The van der Waals surface area contributed by atoms with Crippen molar-refractivity contribution in [1.29, 1.82) is 0 Å². The molecule has 25 heavy (non-hydrogen) atoms. The smallest absolute Gasteiger partial charge is 0.237 e. The lowest BCUT2D eigenvalue weighted by atomic mass is 9.85. The largest absolute Gasteiger partial charge is 0.369 e. The molecule has 2 aromatic rings. The van der Waals surface area contributed by atoms with Crippen LogP contribution in [0.15, 0.2) is 53.4 Å². The van der Waals surface area contributed by atoms with E-state index in [-0.39, 0.29) is 29.5 Å². The fourth-order valence-electron chi connectivity index (χ4n) is 3.23. The van der Waals surface area contributed by atoms with E-state index in [1.807, 2.05) is 55.5 Å². The Kier molecular flexibility index (Phi) is 5.35. The van der Waals surface area contributed by atoms with Crippen LogP contribution in [-0.2, 0) is 9.59 Å². The number of hydrogen-bond donors (Lipinski definition) is 1. The average Bonchev–Trinajstić information content (AvgIpc) is 2.60. The van der Waals surface area contributed by atoms with Gasteiger partial charge in [-0.25, -0.2) is 0 Å². The predicted octanol–water partition coefficient (Wildman–Crippen LogP) is 3.83. The second kappa shape index (κ2) is 7.50. The van der Waals surface area contributed by atoms with Crippen LogP contribution < -0.4 is 10.6 Å². The Hall–Kier alpha value is -1.98. The van der Waals surface area contributed by atoms with Crippen LogP contribution in [0.5, 0.6) is 0 Å². The van der Waals surface area contributed by atoms with E-state index >= 15 is 0 Å². The van der Waals surface area contributed by atoms with Crippen molar-refractivity contribution in [2.24, 2.45) is 5.73 Å². The van der Waals surface area contributed by atoms with E-state index in [9.17, 15) is 9.59 Å². The summed E-state index contributed by atoms with van der Waals surface area (Å²) in [6, 6.07) is 14.9. The lowest BCUT2D eigenvalue weighted by Gasteiger charge is -2.38. The van der Waals surface area contributed by atoms with Crippen LogP contribution in [0, 0.1) is 0 Å². The third-order valence-electron chi connectivity index (χ3n) is 4.39. The number of halogens is 1. The Morgan fingerprint density at radius 1 is 1.20 bits per heavy atom. The summed E-state index contributed by atoms with van der Waals surface area (Å²) in [6.07, 6.45) is 0.537. The minimum atomic E-state index is -0.355. The highest BCUT2D eigenvalue weighted by Gasteiger charge is 2.35. The number of anilines is 1. The molecule has 0 aliphatic carbocycles. The molecule has 0 spiro atoms. The molecule has 6 heteroatoms. The summed E-state index contributed by atoms with van der Waals surface area (Å²) in [4.78, 5) is 27.3. The summed E-state index contributed by atoms with van der Waals surface area (Å²) in [7, 11) is 0. The zero-order chi connectivity index (χ0) is 18.0. The molecule has 130 valence electrons. The first kappa shape index (κ1) is 17.8. The highest BCUT2D eigenvalue weighted by Crippen LogP contribution is 2.39. The number of para-hydroxylation sites is 1. The van der Waals surface area contributed by atoms with Gasteiger partial charge < -0.3 is 10.6 Å². The van der Waals surface area contributed by atoms with Gasteiger partial charge in [0, 0.05) is 16.6 Å². The summed E-state index contributed by atoms with van der Waals surface area (Å²) in [6.45, 7) is 1.95. The molecule has 2 aromatic carbocycles. The maximum atomic E-state index is 12.9. The SMILES string of the molecule is C[C@@H]1C[C@H](C(N)=O)c2ccccc2N1C(=O)CSc1ccccc1Cl. The molecule has 1 aliphatic heterocycles. The highest BCUT2D eigenvalue weighted by molar-refractivity contribution is 8.00. The summed E-state index contributed by atoms with van der Waals surface area (Å²) in [5.74, 6) is -0.431. The van der Waals surface area contributed by atoms with E-state index in [2.05, 4.69) is 0 Å². The number of fused-ring (bicyclic) bond motifs is 1. The van der Waals surface area contributed by atoms with E-state index in [4.69, 9.17) is 17.3 Å². The second-order valence-corrected chi connectivity index (χ2v) is 7.51. The van der Waals surface area contributed by atoms with Crippen molar-refractivity contribution < 1.29 is 9.59 Å². The number of thioether (sulfide) groups is 1. The Morgan fingerprint density at radius 3 is 2.60 bits per heavy atom. The third kappa shape index (κ3) is 3.67. The molecule has 0 saturated heterocycles. The number of primary amides is 1. The van der Waals surface area contributed by atoms with Crippen LogP contribution in [-0.4, -0.2) is 23.6 Å². The van der Waals surface area contributed by atoms with Crippen LogP contribution in [0.25, 0.3) is 0 Å². The Labute approximate surface area is 156 Å². The van der Waals surface area contributed by atoms with Crippen LogP contribution in [0.4, 0.5) is 5.69 Å². The first-order chi connectivity index (χ1) is 12.0. The van der Waals surface area contributed by atoms with Crippen molar-refractivity contribution in [2.75, 3.05) is 10.7 Å². The van der Waals surface area contributed by atoms with Gasteiger partial charge >= 0.3 is 0 Å². The molecule has 0 saturated carbocycles. The van der Waals surface area contributed by atoms with Gasteiger partial charge in [-0.15, -0.1) is 11.8 Å². The average molecular weight is 375 g/mol. The topological polar surface area (TPSA) is 63.4 Å². The molecule has 3 rings (SSSR count). The molecule has 2 N–H and O–H groups in total. The number of amides is 2. The van der Waals surface area contributed by atoms with E-state index in [1.54, 1.807) is 4.90 Å². The molecule has 1 aliphatic rings. The number of nitrogens with zero attached hydrogens (tertiary/aromatic N) is 1. The van der Waals surface area contributed by atoms with Crippen LogP contribution in [0.1, 0.15) is 24.8 Å². The molecule has 0 aromatic heterocycles. The molecule has 0 unspecified atom stereocenters. The maximum absolute atomic E-state index is 12.9. The lowest BCUT2D eigenvalue weighted by molar-refractivity contribution is -0.121. The molecular weight excluding hydrogens is 356 g/mol. The molecule has 1 heterocycles. The van der Waals surface area contributed by atoms with Crippen LogP contribution in [0.2, 0.25) is 5.02 Å². The fraction of sp³-hybridized carbons (Fsp3) is 0.263. The van der Waals surface area contributed by atoms with Gasteiger partial charge in [-0.05, 0) is 37.1 Å². The number of hydrogen-bond acceptors (Lipinski definition) is 3. The van der Waals surface area contributed by atoms with Crippen molar-refractivity contribution in [3.8, 4) is 0 Å². The second-order valence-electron chi connectivity index (χ2n) is 6.08. The fourth-order valence-corrected chi connectivity index (χ4v) is 4.33. The van der Waals surface area contributed by atoms with Crippen molar-refractivity contribution in [3.05, 3.63) is 59.1 Å². The molecule has 0 fully saturated rings. The normalized spacial score (nSPS) is 19.4. The van der Waals surface area contributed by atoms with Crippen molar-refractivity contribution in [1.82, 2.24) is 0 Å². The first-order valence-corrected chi connectivity index (χ1v) is 9.43. The van der Waals surface area contributed by atoms with Crippen LogP contribution >= 0.6 is 23.4 Å². The maximum Gasteiger partial charge on any atom is 0.237 e. The van der Waals surface area contributed by atoms with E-state index in [0.29, 0.717) is 11.4 Å². The zero-order valence-electron chi connectivity index (χ0n) is 13.8. The number of carbonyl (C=O) groups excluding carboxylic acids is 2. The van der Waals surface area contributed by atoms with Crippen molar-refractivity contribution in [3.63, 3.8) is 0 Å². The van der Waals surface area contributed by atoms with Gasteiger partial charge in [0.2, 0.25) is 11.8 Å². The molecule has 2 amide bonds. The van der Waals surface area contributed by atoms with Gasteiger partial charge in [0.1, 0.15) is 0 Å². The molecule has 2 atom stereocenters. The van der Waals surface area contributed by atoms with Gasteiger partial charge in [-0.1, -0.05) is 41.9 Å². The van der Waals surface area contributed by atoms with Gasteiger partial charge in [0.25, 0.3) is 0 Å². The molecule has 0 radical (unpaired) electrons. The predicted molar refractivity (Wildman–Crippen MR) is 102 cm³/mol. The monoisotopic (exact) mass is 374 g/mol. The number of benzene rings is 2. The molecule has 4 nitrogen and oxygen atoms in total. The first-order valence-electron chi connectivity index (χ1n) is 8.06. The quantitative estimate of drug-likeness (QED) is 0.827. The summed E-state index contributed by atoms with van der Waals surface area (Å²) in [5.41, 5.74) is 7.15. The number of rotatable bonds is 4. The number of carbonyl (C=O) groups is 2. The summed E-state index contributed by atoms with van der Waals surface area (Å²) < 4.78 is 0. The van der Waals surface area contributed by atoms with E-state index < -0.39 is 0 Å². The molecular formula is C19H19ClN2O2S. The third-order valence-corrected chi connectivity index (χ3v) is 5.89. The van der Waals surface area contributed by atoms with Gasteiger partial charge in [0.15, 0.2) is 0 Å². The molecule has 0 bridgehead atoms. The standard InChI is InChI=1S/C19H19ClN2O2S/c1-12-10-14(19(21)24)13-6-2-4-8-16(13)22(12)18(23)11-25-17-9-5-3-7-15(17)20/h2-9,12,14H,10-11H2,1H3,(H2,21,24)/t12-,14+/m1/s1. The van der Waals surface area contributed by atoms with Gasteiger partial charge in [0.05, 0.1) is 16.7 Å². The Bertz CT molecular complexity index is 812. The lowest BCUT2D eigenvalue weighted by Crippen LogP contribution is -2.46. The summed E-state index contributed by atoms with van der Waals surface area (Å²) >= 11 is 7.58. The van der Waals surface area contributed by atoms with E-state index in [0.717, 1.165) is 16.1 Å². The van der Waals surface area contributed by atoms with Crippen molar-refractivity contribution >= 4 is 40.9 Å². The minimum absolute atomic E-state index is 0.00668. The highest BCUT2D eigenvalue weighted by atomic mass is 35.5. The minimum Gasteiger partial charge on any atom is -0.369 e. The Morgan fingerprint density at radius 2 is 1.88 bits per heavy atom. The van der Waals surface area contributed by atoms with Gasteiger partial charge in [-0.2, -0.15) is 0 Å². The van der Waals surface area contributed by atoms with Gasteiger partial charge in [-0.3, -0.25) is 9.59 Å². The van der Waals surface area contributed by atoms with Crippen molar-refractivity contribution in [2.45, 2.75) is 30.2 Å². The zero-order valence-corrected chi connectivity index (χ0v) is 15.4. The number of nitrogens with two attached hydrogens (primary N) is 1. The van der Waals surface area contributed by atoms with Crippen LogP contribution in [0.3, 0.4) is 0 Å².